The molecule has 2 unspecified atom stereocenters. The Morgan fingerprint density at radius 1 is 1.11 bits per heavy atom. The summed E-state index contributed by atoms with van der Waals surface area (Å²) in [5, 5.41) is 16.2. The molecule has 0 saturated carbocycles. The van der Waals surface area contributed by atoms with E-state index in [2.05, 4.69) is 10.6 Å². The molecule has 0 aromatic heterocycles. The molecule has 1 spiro atoms. The quantitative estimate of drug-likeness (QED) is 0.528. The van der Waals surface area contributed by atoms with Gasteiger partial charge in [-0.3, -0.25) is 14.4 Å². The molecule has 3 aliphatic heterocycles. The highest BCUT2D eigenvalue weighted by Gasteiger charge is 2.77. The highest BCUT2D eigenvalue weighted by molar-refractivity contribution is 8.02. The molecule has 3 saturated heterocycles. The summed E-state index contributed by atoms with van der Waals surface area (Å²) in [4.78, 5) is 42.3. The Balaban J connectivity index is 1.44. The van der Waals surface area contributed by atoms with Gasteiger partial charge < -0.3 is 20.6 Å². The van der Waals surface area contributed by atoms with Crippen LogP contribution in [0.25, 0.3) is 0 Å². The maximum absolute atomic E-state index is 13.7. The van der Waals surface area contributed by atoms with Gasteiger partial charge in [0.2, 0.25) is 17.7 Å². The van der Waals surface area contributed by atoms with Crippen molar-refractivity contribution in [2.24, 2.45) is 11.8 Å². The molecule has 3 N–H and O–H groups in total. The molecule has 0 aliphatic carbocycles. The highest BCUT2D eigenvalue weighted by atomic mass is 35.5. The summed E-state index contributed by atoms with van der Waals surface area (Å²) >= 11 is 7.58. The molecule has 3 aliphatic rings. The van der Waals surface area contributed by atoms with Crippen LogP contribution in [0.2, 0.25) is 5.02 Å². The van der Waals surface area contributed by atoms with Crippen molar-refractivity contribution in [2.75, 3.05) is 18.5 Å². The molecular formula is C26H28ClN3O4S. The Morgan fingerprint density at radius 3 is 2.51 bits per heavy atom. The minimum absolute atomic E-state index is 0.0470. The summed E-state index contributed by atoms with van der Waals surface area (Å²) in [5.41, 5.74) is 1.56. The van der Waals surface area contributed by atoms with Crippen molar-refractivity contribution in [3.05, 3.63) is 65.2 Å². The first kappa shape index (κ1) is 24.2. The number of carbonyl (C=O) groups is 3. The number of amides is 3. The van der Waals surface area contributed by atoms with Gasteiger partial charge in [0.25, 0.3) is 0 Å². The molecule has 2 bridgehead atoms. The normalized spacial score (nSPS) is 30.9. The van der Waals surface area contributed by atoms with E-state index in [0.717, 1.165) is 12.0 Å². The zero-order valence-electron chi connectivity index (χ0n) is 19.4. The third-order valence-electron chi connectivity index (χ3n) is 7.57. The maximum Gasteiger partial charge on any atom is 0.248 e. The van der Waals surface area contributed by atoms with E-state index < -0.39 is 27.4 Å². The zero-order chi connectivity index (χ0) is 24.8. The van der Waals surface area contributed by atoms with Gasteiger partial charge in [0.1, 0.15) is 6.04 Å². The van der Waals surface area contributed by atoms with Crippen LogP contribution in [0.3, 0.4) is 0 Å². The topological polar surface area (TPSA) is 98.7 Å². The molecule has 3 fully saturated rings. The third-order valence-corrected chi connectivity index (χ3v) is 9.81. The van der Waals surface area contributed by atoms with Gasteiger partial charge >= 0.3 is 0 Å². The number of rotatable bonds is 7. The molecular weight excluding hydrogens is 486 g/mol. The van der Waals surface area contributed by atoms with Gasteiger partial charge in [-0.05, 0) is 49.6 Å². The molecule has 3 amide bonds. The Hall–Kier alpha value is -2.55. The van der Waals surface area contributed by atoms with Crippen molar-refractivity contribution in [1.29, 1.82) is 0 Å². The Morgan fingerprint density at radius 2 is 1.83 bits per heavy atom. The summed E-state index contributed by atoms with van der Waals surface area (Å²) in [6.45, 7) is 2.21. The number of nitrogens with zero attached hydrogens (tertiary/aromatic N) is 1. The summed E-state index contributed by atoms with van der Waals surface area (Å²) < 4.78 is -1.16. The molecule has 5 rings (SSSR count). The van der Waals surface area contributed by atoms with Crippen molar-refractivity contribution in [3.63, 3.8) is 0 Å². The van der Waals surface area contributed by atoms with E-state index in [1.807, 2.05) is 37.3 Å². The van der Waals surface area contributed by atoms with E-state index >= 15 is 0 Å². The maximum atomic E-state index is 13.7. The van der Waals surface area contributed by atoms with E-state index in [4.69, 9.17) is 11.6 Å². The van der Waals surface area contributed by atoms with Gasteiger partial charge in [-0.1, -0.05) is 41.9 Å². The van der Waals surface area contributed by atoms with Crippen LogP contribution in [-0.2, 0) is 20.9 Å². The smallest absolute Gasteiger partial charge is 0.248 e. The number of benzene rings is 2. The number of thioether (sulfide) groups is 1. The van der Waals surface area contributed by atoms with Gasteiger partial charge in [-0.15, -0.1) is 11.8 Å². The summed E-state index contributed by atoms with van der Waals surface area (Å²) in [5.74, 6) is -1.86. The fourth-order valence-corrected chi connectivity index (χ4v) is 8.60. The van der Waals surface area contributed by atoms with Crippen LogP contribution in [0.4, 0.5) is 5.69 Å². The number of aliphatic hydroxyl groups excluding tert-OH is 1. The second-order valence-corrected chi connectivity index (χ2v) is 12.0. The van der Waals surface area contributed by atoms with Gasteiger partial charge in [0, 0.05) is 28.5 Å². The van der Waals surface area contributed by atoms with Crippen LogP contribution in [-0.4, -0.2) is 56.4 Å². The predicted molar refractivity (Wildman–Crippen MR) is 136 cm³/mol. The van der Waals surface area contributed by atoms with E-state index in [9.17, 15) is 19.5 Å². The minimum atomic E-state index is -0.776. The lowest BCUT2D eigenvalue weighted by Crippen LogP contribution is -2.52. The van der Waals surface area contributed by atoms with Crippen molar-refractivity contribution < 1.29 is 19.5 Å². The first-order valence-corrected chi connectivity index (χ1v) is 13.0. The molecule has 0 radical (unpaired) electrons. The first-order chi connectivity index (χ1) is 16.8. The predicted octanol–water partition coefficient (Wildman–Crippen LogP) is 3.07. The average molecular weight is 514 g/mol. The molecule has 2 aromatic rings. The zero-order valence-corrected chi connectivity index (χ0v) is 20.9. The van der Waals surface area contributed by atoms with Gasteiger partial charge in [0.15, 0.2) is 0 Å². The fourth-order valence-electron chi connectivity index (χ4n) is 6.11. The lowest BCUT2D eigenvalue weighted by molar-refractivity contribution is -0.140. The van der Waals surface area contributed by atoms with Crippen molar-refractivity contribution in [3.8, 4) is 0 Å². The summed E-state index contributed by atoms with van der Waals surface area (Å²) in [7, 11) is 0. The molecule has 9 heteroatoms. The van der Waals surface area contributed by atoms with Crippen LogP contribution >= 0.6 is 23.4 Å². The largest absolute Gasteiger partial charge is 0.395 e. The van der Waals surface area contributed by atoms with E-state index in [-0.39, 0.29) is 30.9 Å². The molecule has 35 heavy (non-hydrogen) atoms. The van der Waals surface area contributed by atoms with Crippen LogP contribution < -0.4 is 10.6 Å². The number of likely N-dealkylation sites (tertiary alicyclic amines) is 1. The Bertz CT molecular complexity index is 1150. The number of halogens is 1. The van der Waals surface area contributed by atoms with E-state index in [1.165, 1.54) is 4.90 Å². The minimum Gasteiger partial charge on any atom is -0.395 e. The van der Waals surface area contributed by atoms with Gasteiger partial charge in [-0.25, -0.2) is 0 Å². The molecule has 5 atom stereocenters. The number of aliphatic hydroxyl groups is 1. The summed E-state index contributed by atoms with van der Waals surface area (Å²) in [6.07, 6.45) is 1.40. The van der Waals surface area contributed by atoms with Crippen molar-refractivity contribution in [2.45, 2.75) is 41.8 Å². The van der Waals surface area contributed by atoms with Gasteiger partial charge in [0.05, 0.1) is 23.2 Å². The van der Waals surface area contributed by atoms with E-state index in [0.29, 0.717) is 23.7 Å². The SMILES string of the molecule is C[C@]12CCC3(S1)C(C(=O)Nc1ccc(Cl)cc1)N(CCO)C(=O)[C@@H]3[C@H]2C(=O)NCc1ccccc1. The van der Waals surface area contributed by atoms with Gasteiger partial charge in [-0.2, -0.15) is 0 Å². The van der Waals surface area contributed by atoms with Crippen LogP contribution in [0.5, 0.6) is 0 Å². The first-order valence-electron chi connectivity index (χ1n) is 11.8. The second-order valence-electron chi connectivity index (χ2n) is 9.68. The van der Waals surface area contributed by atoms with E-state index in [1.54, 1.807) is 36.0 Å². The summed E-state index contributed by atoms with van der Waals surface area (Å²) in [6, 6.07) is 15.7. The lowest BCUT2D eigenvalue weighted by atomic mass is 9.66. The lowest BCUT2D eigenvalue weighted by Gasteiger charge is -2.34. The third kappa shape index (κ3) is 4.01. The number of fused-ring (bicyclic) bond motifs is 1. The average Bonchev–Trinajstić information content (AvgIpc) is 3.41. The standard InChI is InChI=1S/C26H28ClN3O4S/c1-25-11-12-26(35-25)20(19(25)22(32)28-15-16-5-3-2-4-6-16)24(34)30(13-14-31)21(26)23(33)29-18-9-7-17(27)8-10-18/h2-10,19-21,31H,11-15H2,1H3,(H,28,32)(H,29,33)/t19-,20-,21?,25+,26?/m0/s1. The van der Waals surface area contributed by atoms with Crippen molar-refractivity contribution >= 4 is 46.8 Å². The highest BCUT2D eigenvalue weighted by Crippen LogP contribution is 2.71. The van der Waals surface area contributed by atoms with Crippen LogP contribution in [0, 0.1) is 11.8 Å². The molecule has 7 nitrogen and oxygen atoms in total. The molecule has 2 aromatic carbocycles. The molecule has 3 heterocycles. The number of anilines is 1. The number of β-amino-alcohol motifs (C(OH)–C–C–N with tert-alkyl or cyclic N) is 1. The van der Waals surface area contributed by atoms with Crippen molar-refractivity contribution in [1.82, 2.24) is 10.2 Å². The Kier molecular flexibility index (Phi) is 6.32. The van der Waals surface area contributed by atoms with Crippen LogP contribution in [0.1, 0.15) is 25.3 Å². The Labute approximate surface area is 213 Å². The number of hydrogen-bond donors (Lipinski definition) is 3. The second kappa shape index (κ2) is 9.15. The monoisotopic (exact) mass is 513 g/mol. The number of hydrogen-bond acceptors (Lipinski definition) is 5. The fraction of sp³-hybridized carbons (Fsp3) is 0.423. The molecule has 184 valence electrons. The van der Waals surface area contributed by atoms with Crippen LogP contribution in [0.15, 0.2) is 54.6 Å². The number of carbonyl (C=O) groups excluding carboxylic acids is 3. The number of nitrogens with one attached hydrogen (secondary N) is 2.